The molecular formula is C12H28N4Na4O8. The zero-order chi connectivity index (χ0) is 21.1. The van der Waals surface area contributed by atoms with Gasteiger partial charge in [-0.05, 0) is 27.7 Å². The molecule has 0 spiro atoms. The Hall–Kier alpha value is 1.72. The number of carbonyl (C=O) groups excluding carboxylic acids is 4. The van der Waals surface area contributed by atoms with Gasteiger partial charge in [-0.2, -0.15) is 0 Å². The van der Waals surface area contributed by atoms with E-state index >= 15 is 0 Å². The zero-order valence-electron chi connectivity index (χ0n) is 18.4. The predicted octanol–water partition coefficient (Wildman–Crippen LogP) is -19.2. The number of carbonyl (C=O) groups is 4. The molecule has 0 saturated heterocycles. The molecule has 0 rings (SSSR count). The van der Waals surface area contributed by atoms with Crippen molar-refractivity contribution in [1.29, 1.82) is 0 Å². The Morgan fingerprint density at radius 1 is 0.464 bits per heavy atom. The van der Waals surface area contributed by atoms with E-state index in [9.17, 15) is 0 Å². The molecule has 16 heteroatoms. The molecule has 148 valence electrons. The average molecular weight is 448 g/mol. The van der Waals surface area contributed by atoms with Crippen LogP contribution >= 0.6 is 0 Å². The number of hydrogen-bond donors (Lipinski definition) is 4. The van der Waals surface area contributed by atoms with Crippen molar-refractivity contribution in [3.63, 3.8) is 0 Å². The van der Waals surface area contributed by atoms with Gasteiger partial charge in [-0.25, -0.2) is 0 Å². The van der Waals surface area contributed by atoms with Crippen LogP contribution < -0.4 is 162 Å². The average Bonchev–Trinajstić information content (AvgIpc) is 2.36. The predicted molar refractivity (Wildman–Crippen MR) is 78.9 cm³/mol. The molecule has 0 bridgehead atoms. The molecule has 0 amide bonds. The molecule has 0 aromatic heterocycles. The van der Waals surface area contributed by atoms with Gasteiger partial charge >= 0.3 is 118 Å². The SMILES string of the molecule is CC(=O)[O-].CC(=O)[O-].CC(=O)[O-].CC(=O)[O-].NCCN.NCCN.[Na+].[Na+].[Na+].[Na+]. The van der Waals surface area contributed by atoms with Crippen molar-refractivity contribution in [2.24, 2.45) is 22.9 Å². The molecule has 0 aliphatic heterocycles. The van der Waals surface area contributed by atoms with Crippen LogP contribution in [0.3, 0.4) is 0 Å². The summed E-state index contributed by atoms with van der Waals surface area (Å²) < 4.78 is 0. The van der Waals surface area contributed by atoms with E-state index in [-0.39, 0.29) is 118 Å². The smallest absolute Gasteiger partial charge is 0.550 e. The van der Waals surface area contributed by atoms with Crippen LogP contribution in [0, 0.1) is 0 Å². The van der Waals surface area contributed by atoms with Gasteiger partial charge in [-0.1, -0.05) is 0 Å². The van der Waals surface area contributed by atoms with Crippen LogP contribution in [0.4, 0.5) is 0 Å². The first-order chi connectivity index (χ1) is 10.8. The fraction of sp³-hybridized carbons (Fsp3) is 0.667. The van der Waals surface area contributed by atoms with E-state index in [2.05, 4.69) is 0 Å². The largest absolute Gasteiger partial charge is 1.00 e. The van der Waals surface area contributed by atoms with E-state index in [4.69, 9.17) is 62.5 Å². The van der Waals surface area contributed by atoms with E-state index in [1.54, 1.807) is 0 Å². The minimum atomic E-state index is -1.08. The summed E-state index contributed by atoms with van der Waals surface area (Å²) in [4.78, 5) is 35.6. The van der Waals surface area contributed by atoms with Crippen molar-refractivity contribution < 1.29 is 158 Å². The number of hydrogen-bond acceptors (Lipinski definition) is 12. The van der Waals surface area contributed by atoms with E-state index in [1.807, 2.05) is 0 Å². The van der Waals surface area contributed by atoms with Gasteiger partial charge < -0.3 is 62.5 Å². The summed E-state index contributed by atoms with van der Waals surface area (Å²) in [5, 5.41) is 35.6. The summed E-state index contributed by atoms with van der Waals surface area (Å²) >= 11 is 0. The monoisotopic (exact) mass is 448 g/mol. The third-order valence-corrected chi connectivity index (χ3v) is 0.333. The van der Waals surface area contributed by atoms with Crippen LogP contribution in [0.5, 0.6) is 0 Å². The van der Waals surface area contributed by atoms with Crippen molar-refractivity contribution in [1.82, 2.24) is 0 Å². The summed E-state index contributed by atoms with van der Waals surface area (Å²) in [7, 11) is 0. The molecule has 0 unspecified atom stereocenters. The van der Waals surface area contributed by atoms with Gasteiger partial charge in [0.25, 0.3) is 0 Å². The van der Waals surface area contributed by atoms with E-state index in [1.165, 1.54) is 0 Å². The van der Waals surface area contributed by atoms with Crippen LogP contribution in [0.25, 0.3) is 0 Å². The number of carboxylic acids is 4. The number of nitrogens with two attached hydrogens (primary N) is 4. The van der Waals surface area contributed by atoms with Crippen molar-refractivity contribution in [3.8, 4) is 0 Å². The first-order valence-electron chi connectivity index (χ1n) is 6.27. The second kappa shape index (κ2) is 70.3. The van der Waals surface area contributed by atoms with Crippen molar-refractivity contribution in [2.45, 2.75) is 27.7 Å². The quantitative estimate of drug-likeness (QED) is 0.287. The third kappa shape index (κ3) is 1430. The van der Waals surface area contributed by atoms with E-state index in [0.29, 0.717) is 26.2 Å². The molecule has 0 saturated carbocycles. The summed E-state index contributed by atoms with van der Waals surface area (Å²) in [5.41, 5.74) is 19.6. The normalized spacial score (nSPS) is 5.71. The summed E-state index contributed by atoms with van der Waals surface area (Å²) in [6.45, 7) is 6.28. The van der Waals surface area contributed by atoms with Crippen LogP contribution in [-0.4, -0.2) is 50.1 Å². The summed E-state index contributed by atoms with van der Waals surface area (Å²) in [6.07, 6.45) is 0. The molecule has 0 atom stereocenters. The Kier molecular flexibility index (Phi) is 158. The Balaban J connectivity index is -0.0000000169. The van der Waals surface area contributed by atoms with Crippen LogP contribution in [0.2, 0.25) is 0 Å². The zero-order valence-corrected chi connectivity index (χ0v) is 26.4. The maximum atomic E-state index is 8.89. The van der Waals surface area contributed by atoms with Crippen molar-refractivity contribution in [3.05, 3.63) is 0 Å². The fourth-order valence-electron chi connectivity index (χ4n) is 0. The Labute approximate surface area is 255 Å². The van der Waals surface area contributed by atoms with E-state index < -0.39 is 23.9 Å². The molecular weight excluding hydrogens is 420 g/mol. The minimum absolute atomic E-state index is 0. The van der Waals surface area contributed by atoms with Gasteiger partial charge in [-0.3, -0.25) is 0 Å². The second-order valence-corrected chi connectivity index (χ2v) is 3.12. The van der Waals surface area contributed by atoms with Crippen LogP contribution in [0.1, 0.15) is 27.7 Å². The molecule has 0 aliphatic rings. The standard InChI is InChI=1S/2C2H8N2.4C2H4O2.4Na/c2*3-1-2-4;4*1-2(3)4;;;;/h2*1-4H2;4*1H3,(H,3,4);;;;/q;;;;;;4*+1/p-4. The van der Waals surface area contributed by atoms with Crippen molar-refractivity contribution >= 4 is 23.9 Å². The Bertz CT molecular complexity index is 233. The molecule has 0 aromatic rings. The molecule has 0 aliphatic carbocycles. The van der Waals surface area contributed by atoms with Gasteiger partial charge in [0.05, 0.1) is 0 Å². The maximum absolute atomic E-state index is 8.89. The first-order valence-corrected chi connectivity index (χ1v) is 6.27. The van der Waals surface area contributed by atoms with Gasteiger partial charge in [-0.15, -0.1) is 0 Å². The van der Waals surface area contributed by atoms with Gasteiger partial charge in [0, 0.05) is 50.1 Å². The molecule has 0 fully saturated rings. The second-order valence-electron chi connectivity index (χ2n) is 3.12. The topological polar surface area (TPSA) is 265 Å². The fourth-order valence-corrected chi connectivity index (χ4v) is 0. The number of rotatable bonds is 2. The number of carboxylic acid groups (broad SMARTS) is 4. The van der Waals surface area contributed by atoms with Gasteiger partial charge in [0.2, 0.25) is 0 Å². The molecule has 0 aromatic carbocycles. The summed E-state index contributed by atoms with van der Waals surface area (Å²) in [6, 6.07) is 0. The van der Waals surface area contributed by atoms with Crippen LogP contribution in [-0.2, 0) is 19.2 Å². The number of aliphatic carboxylic acids is 4. The van der Waals surface area contributed by atoms with Crippen LogP contribution in [0.15, 0.2) is 0 Å². The third-order valence-electron chi connectivity index (χ3n) is 0.333. The summed E-state index contributed by atoms with van der Waals surface area (Å²) in [5.74, 6) is -4.33. The first kappa shape index (κ1) is 63.0. The van der Waals surface area contributed by atoms with E-state index in [0.717, 1.165) is 27.7 Å². The Morgan fingerprint density at radius 2 is 0.500 bits per heavy atom. The van der Waals surface area contributed by atoms with Crippen molar-refractivity contribution in [2.75, 3.05) is 26.2 Å². The molecule has 0 radical (unpaired) electrons. The molecule has 28 heavy (non-hydrogen) atoms. The van der Waals surface area contributed by atoms with Gasteiger partial charge in [0.1, 0.15) is 0 Å². The molecule has 12 nitrogen and oxygen atoms in total. The minimum Gasteiger partial charge on any atom is -0.550 e. The van der Waals surface area contributed by atoms with Gasteiger partial charge in [0.15, 0.2) is 0 Å². The Morgan fingerprint density at radius 3 is 0.500 bits per heavy atom. The molecule has 8 N–H and O–H groups in total. The maximum Gasteiger partial charge on any atom is 1.00 e. The molecule has 0 heterocycles.